The Morgan fingerprint density at radius 2 is 1.88 bits per heavy atom. The van der Waals surface area contributed by atoms with Crippen LogP contribution in [0.4, 0.5) is 0 Å². The Balaban J connectivity index is 1.67. The predicted molar refractivity (Wildman–Crippen MR) is 102 cm³/mol. The number of rotatable bonds is 10. The van der Waals surface area contributed by atoms with Gasteiger partial charge in [0.25, 0.3) is 0 Å². The molecule has 1 unspecified atom stereocenters. The van der Waals surface area contributed by atoms with Crippen LogP contribution in [0.5, 0.6) is 11.6 Å². The monoisotopic (exact) mass is 399 g/mol. The molecule has 1 heterocycles. The second-order valence-corrected chi connectivity index (χ2v) is 7.25. The minimum atomic E-state index is -0.659. The zero-order valence-corrected chi connectivity index (χ0v) is 16.3. The number of nitrogens with one attached hydrogen (secondary N) is 1. The minimum Gasteiger partial charge on any atom is -0.489 e. The highest BCUT2D eigenvalue weighted by atomic mass is 35.5. The maximum atomic E-state index is 10.1. The average molecular weight is 400 g/mol. The number of hydrogen-bond donors (Lipinski definition) is 2. The Morgan fingerprint density at radius 1 is 1.12 bits per heavy atom. The van der Waals surface area contributed by atoms with Crippen molar-refractivity contribution in [3.05, 3.63) is 46.6 Å². The Kier molecular flexibility index (Phi) is 7.90. The highest BCUT2D eigenvalue weighted by Gasteiger charge is 2.19. The van der Waals surface area contributed by atoms with Crippen molar-refractivity contribution >= 4 is 23.2 Å². The minimum absolute atomic E-state index is 0.156. The standard InChI is InChI=1S/C18H23Cl2N3O3/c1-18(2,9-10-25-17-8-7-16(20)22-23-17)21-11-13(24)12-26-15-6-4-3-5-14(15)19/h3-8,13,21,24H,9-12H2,1-2H3. The molecule has 0 aliphatic rings. The second-order valence-electron chi connectivity index (χ2n) is 6.45. The van der Waals surface area contributed by atoms with Crippen molar-refractivity contribution in [3.63, 3.8) is 0 Å². The van der Waals surface area contributed by atoms with Crippen LogP contribution >= 0.6 is 23.2 Å². The molecule has 0 fully saturated rings. The number of β-amino-alcohol motifs (C(OH)–C–C–N with tert-alkyl or cyclic N) is 1. The summed E-state index contributed by atoms with van der Waals surface area (Å²) in [5, 5.41) is 21.8. The van der Waals surface area contributed by atoms with Crippen LogP contribution in [0.2, 0.25) is 10.2 Å². The number of ether oxygens (including phenoxy) is 2. The molecule has 0 saturated heterocycles. The number of benzene rings is 1. The van der Waals surface area contributed by atoms with Gasteiger partial charge < -0.3 is 19.9 Å². The van der Waals surface area contributed by atoms with E-state index in [-0.39, 0.29) is 12.1 Å². The van der Waals surface area contributed by atoms with Crippen LogP contribution in [-0.4, -0.2) is 46.7 Å². The molecule has 1 aromatic carbocycles. The van der Waals surface area contributed by atoms with Gasteiger partial charge in [0.15, 0.2) is 5.15 Å². The molecule has 1 aromatic heterocycles. The maximum absolute atomic E-state index is 10.1. The number of hydrogen-bond acceptors (Lipinski definition) is 6. The van der Waals surface area contributed by atoms with Crippen LogP contribution < -0.4 is 14.8 Å². The van der Waals surface area contributed by atoms with E-state index in [1.165, 1.54) is 0 Å². The van der Waals surface area contributed by atoms with Crippen molar-refractivity contribution < 1.29 is 14.6 Å². The zero-order valence-electron chi connectivity index (χ0n) is 14.8. The lowest BCUT2D eigenvalue weighted by molar-refractivity contribution is 0.0964. The first-order valence-corrected chi connectivity index (χ1v) is 9.04. The van der Waals surface area contributed by atoms with Gasteiger partial charge >= 0.3 is 0 Å². The average Bonchev–Trinajstić information content (AvgIpc) is 2.61. The lowest BCUT2D eigenvalue weighted by Crippen LogP contribution is -2.45. The third-order valence-corrected chi connectivity index (χ3v) is 4.18. The van der Waals surface area contributed by atoms with Crippen LogP contribution in [0.3, 0.4) is 0 Å². The summed E-state index contributed by atoms with van der Waals surface area (Å²) in [4.78, 5) is 0. The van der Waals surface area contributed by atoms with Crippen molar-refractivity contribution in [2.24, 2.45) is 0 Å². The van der Waals surface area contributed by atoms with E-state index in [2.05, 4.69) is 15.5 Å². The largest absolute Gasteiger partial charge is 0.489 e. The van der Waals surface area contributed by atoms with E-state index in [0.29, 0.717) is 35.0 Å². The van der Waals surface area contributed by atoms with E-state index in [1.807, 2.05) is 26.0 Å². The van der Waals surface area contributed by atoms with Gasteiger partial charge in [-0.1, -0.05) is 35.3 Å². The number of aliphatic hydroxyl groups excluding tert-OH is 1. The Morgan fingerprint density at radius 3 is 2.58 bits per heavy atom. The van der Waals surface area contributed by atoms with Gasteiger partial charge in [-0.3, -0.25) is 0 Å². The summed E-state index contributed by atoms with van der Waals surface area (Å²) in [6, 6.07) is 10.5. The summed E-state index contributed by atoms with van der Waals surface area (Å²) in [6.07, 6.45) is 0.0590. The summed E-state index contributed by atoms with van der Waals surface area (Å²) in [5.74, 6) is 0.989. The highest BCUT2D eigenvalue weighted by molar-refractivity contribution is 6.32. The summed E-state index contributed by atoms with van der Waals surface area (Å²) in [7, 11) is 0. The van der Waals surface area contributed by atoms with Gasteiger partial charge in [0.1, 0.15) is 18.5 Å². The zero-order chi connectivity index (χ0) is 19.0. The maximum Gasteiger partial charge on any atom is 0.233 e. The van der Waals surface area contributed by atoms with Gasteiger partial charge in [0.2, 0.25) is 5.88 Å². The summed E-state index contributed by atoms with van der Waals surface area (Å²) >= 11 is 11.7. The van der Waals surface area contributed by atoms with E-state index < -0.39 is 6.10 Å². The molecule has 8 heteroatoms. The molecular weight excluding hydrogens is 377 g/mol. The molecule has 2 N–H and O–H groups in total. The molecule has 1 atom stereocenters. The van der Waals surface area contributed by atoms with E-state index >= 15 is 0 Å². The highest BCUT2D eigenvalue weighted by Crippen LogP contribution is 2.23. The number of nitrogens with zero attached hydrogens (tertiary/aromatic N) is 2. The third-order valence-electron chi connectivity index (χ3n) is 3.67. The van der Waals surface area contributed by atoms with Gasteiger partial charge in [-0.15, -0.1) is 10.2 Å². The lowest BCUT2D eigenvalue weighted by Gasteiger charge is -2.27. The summed E-state index contributed by atoms with van der Waals surface area (Å²) in [6.45, 7) is 5.07. The third kappa shape index (κ3) is 7.33. The molecule has 6 nitrogen and oxygen atoms in total. The molecule has 0 saturated carbocycles. The first-order valence-electron chi connectivity index (χ1n) is 8.28. The van der Waals surface area contributed by atoms with E-state index in [0.717, 1.165) is 6.42 Å². The van der Waals surface area contributed by atoms with E-state index in [1.54, 1.807) is 24.3 Å². The first kappa shape index (κ1) is 20.7. The molecule has 0 bridgehead atoms. The summed E-state index contributed by atoms with van der Waals surface area (Å²) in [5.41, 5.74) is -0.231. The fourth-order valence-electron chi connectivity index (χ4n) is 2.08. The molecule has 142 valence electrons. The molecule has 0 amide bonds. The van der Waals surface area contributed by atoms with E-state index in [9.17, 15) is 5.11 Å². The molecular formula is C18H23Cl2N3O3. The molecule has 2 rings (SSSR count). The lowest BCUT2D eigenvalue weighted by atomic mass is 10.0. The fraction of sp³-hybridized carbons (Fsp3) is 0.444. The van der Waals surface area contributed by atoms with Crippen LogP contribution in [0, 0.1) is 0 Å². The van der Waals surface area contributed by atoms with Gasteiger partial charge in [-0.2, -0.15) is 0 Å². The number of aliphatic hydroxyl groups is 1. The Labute approximate surface area is 163 Å². The van der Waals surface area contributed by atoms with Gasteiger partial charge in [0.05, 0.1) is 11.6 Å². The first-order chi connectivity index (χ1) is 12.4. The molecule has 0 aliphatic heterocycles. The molecule has 0 spiro atoms. The van der Waals surface area contributed by atoms with Crippen molar-refractivity contribution in [1.82, 2.24) is 15.5 Å². The van der Waals surface area contributed by atoms with Crippen LogP contribution in [0.25, 0.3) is 0 Å². The van der Waals surface area contributed by atoms with Gasteiger partial charge in [-0.25, -0.2) is 0 Å². The van der Waals surface area contributed by atoms with Gasteiger partial charge in [0, 0.05) is 18.2 Å². The fourth-order valence-corrected chi connectivity index (χ4v) is 2.37. The van der Waals surface area contributed by atoms with Gasteiger partial charge in [-0.05, 0) is 38.5 Å². The smallest absolute Gasteiger partial charge is 0.233 e. The normalized spacial score (nSPS) is 12.7. The topological polar surface area (TPSA) is 76.5 Å². The molecule has 2 aromatic rings. The molecule has 0 aliphatic carbocycles. The van der Waals surface area contributed by atoms with Crippen molar-refractivity contribution in [2.75, 3.05) is 19.8 Å². The number of aromatic nitrogens is 2. The van der Waals surface area contributed by atoms with Crippen LogP contribution in [-0.2, 0) is 0 Å². The van der Waals surface area contributed by atoms with Crippen molar-refractivity contribution in [3.8, 4) is 11.6 Å². The Bertz CT molecular complexity index is 684. The van der Waals surface area contributed by atoms with Crippen LogP contribution in [0.15, 0.2) is 36.4 Å². The second kappa shape index (κ2) is 9.92. The molecule has 0 radical (unpaired) electrons. The van der Waals surface area contributed by atoms with Crippen molar-refractivity contribution in [1.29, 1.82) is 0 Å². The van der Waals surface area contributed by atoms with Crippen molar-refractivity contribution in [2.45, 2.75) is 31.9 Å². The SMILES string of the molecule is CC(C)(CCOc1ccc(Cl)nn1)NCC(O)COc1ccccc1Cl. The van der Waals surface area contributed by atoms with Crippen LogP contribution in [0.1, 0.15) is 20.3 Å². The number of halogens is 2. The quantitative estimate of drug-likeness (QED) is 0.637. The predicted octanol–water partition coefficient (Wildman–Crippen LogP) is 3.36. The summed E-state index contributed by atoms with van der Waals surface area (Å²) < 4.78 is 11.1. The number of para-hydroxylation sites is 1. The molecule has 26 heavy (non-hydrogen) atoms. The Hall–Kier alpha value is -1.60. The van der Waals surface area contributed by atoms with E-state index in [4.69, 9.17) is 32.7 Å².